The number of carbonyl (C=O) groups excluding carboxylic acids is 1. The van der Waals surface area contributed by atoms with Crippen LogP contribution in [0.3, 0.4) is 0 Å². The lowest BCUT2D eigenvalue weighted by molar-refractivity contribution is -0.380. The molecule has 0 amide bonds. The first-order valence-electron chi connectivity index (χ1n) is 5.60. The van der Waals surface area contributed by atoms with Gasteiger partial charge in [0.05, 0.1) is 11.0 Å². The van der Waals surface area contributed by atoms with Crippen LogP contribution in [0.4, 0.5) is 5.00 Å². The van der Waals surface area contributed by atoms with E-state index in [9.17, 15) is 14.9 Å². The van der Waals surface area contributed by atoms with Crippen LogP contribution in [0.2, 0.25) is 0 Å². The third kappa shape index (κ3) is 2.68. The monoisotopic (exact) mass is 271 g/mol. The van der Waals surface area contributed by atoms with Crippen LogP contribution in [0.5, 0.6) is 0 Å². The number of esters is 1. The maximum atomic E-state index is 11.8. The molecule has 6 nitrogen and oxygen atoms in total. The van der Waals surface area contributed by atoms with Crippen molar-refractivity contribution in [3.05, 3.63) is 27.1 Å². The average Bonchev–Trinajstić information content (AvgIpc) is 2.96. The van der Waals surface area contributed by atoms with Crippen molar-refractivity contribution in [1.29, 1.82) is 0 Å². The van der Waals surface area contributed by atoms with Crippen LogP contribution in [-0.4, -0.2) is 30.2 Å². The van der Waals surface area contributed by atoms with Crippen LogP contribution in [0.25, 0.3) is 0 Å². The minimum Gasteiger partial charge on any atom is -0.455 e. The summed E-state index contributed by atoms with van der Waals surface area (Å²) in [4.78, 5) is 22.1. The van der Waals surface area contributed by atoms with Gasteiger partial charge in [-0.3, -0.25) is 10.1 Å². The number of carbonyl (C=O) groups is 1. The highest BCUT2D eigenvalue weighted by Crippen LogP contribution is 2.28. The van der Waals surface area contributed by atoms with Gasteiger partial charge < -0.3 is 9.47 Å². The lowest BCUT2D eigenvalue weighted by atomic mass is 10.2. The summed E-state index contributed by atoms with van der Waals surface area (Å²) >= 11 is 0.827. The molecule has 1 saturated carbocycles. The molecule has 98 valence electrons. The van der Waals surface area contributed by atoms with E-state index in [1.165, 1.54) is 12.1 Å². The van der Waals surface area contributed by atoms with Crippen molar-refractivity contribution in [3.8, 4) is 0 Å². The van der Waals surface area contributed by atoms with E-state index in [1.54, 1.807) is 7.11 Å². The summed E-state index contributed by atoms with van der Waals surface area (Å²) < 4.78 is 10.5. The first kappa shape index (κ1) is 13.0. The zero-order chi connectivity index (χ0) is 13.1. The van der Waals surface area contributed by atoms with Crippen LogP contribution in [0.15, 0.2) is 12.1 Å². The van der Waals surface area contributed by atoms with Crippen molar-refractivity contribution in [3.63, 3.8) is 0 Å². The summed E-state index contributed by atoms with van der Waals surface area (Å²) in [6.07, 6.45) is 2.30. The predicted octanol–water partition coefficient (Wildman–Crippen LogP) is 2.38. The van der Waals surface area contributed by atoms with E-state index < -0.39 is 10.9 Å². The highest BCUT2D eigenvalue weighted by atomic mass is 32.1. The van der Waals surface area contributed by atoms with Gasteiger partial charge in [-0.2, -0.15) is 0 Å². The first-order valence-corrected chi connectivity index (χ1v) is 6.41. The Morgan fingerprint density at radius 3 is 2.78 bits per heavy atom. The van der Waals surface area contributed by atoms with Gasteiger partial charge in [-0.15, -0.1) is 0 Å². The molecular formula is C11H13NO5S. The Balaban J connectivity index is 2.00. The number of thiophene rings is 1. The lowest BCUT2D eigenvalue weighted by Crippen LogP contribution is -2.27. The highest BCUT2D eigenvalue weighted by molar-refractivity contribution is 7.17. The predicted molar refractivity (Wildman–Crippen MR) is 64.8 cm³/mol. The van der Waals surface area contributed by atoms with Gasteiger partial charge in [0.25, 0.3) is 0 Å². The molecule has 7 heteroatoms. The van der Waals surface area contributed by atoms with Crippen LogP contribution < -0.4 is 0 Å². The molecule has 2 unspecified atom stereocenters. The molecule has 2 rings (SSSR count). The van der Waals surface area contributed by atoms with E-state index in [4.69, 9.17) is 9.47 Å². The highest BCUT2D eigenvalue weighted by Gasteiger charge is 2.31. The Morgan fingerprint density at radius 1 is 1.44 bits per heavy atom. The summed E-state index contributed by atoms with van der Waals surface area (Å²) in [5.74, 6) is -0.512. The molecule has 1 aromatic heterocycles. The van der Waals surface area contributed by atoms with E-state index in [0.29, 0.717) is 0 Å². The first-order chi connectivity index (χ1) is 8.61. The minimum atomic E-state index is -0.519. The summed E-state index contributed by atoms with van der Waals surface area (Å²) in [6, 6.07) is 2.73. The Hall–Kier alpha value is -1.47. The van der Waals surface area contributed by atoms with Gasteiger partial charge in [0.1, 0.15) is 11.0 Å². The molecule has 1 fully saturated rings. The molecule has 0 aromatic carbocycles. The van der Waals surface area contributed by atoms with Crippen molar-refractivity contribution >= 4 is 22.3 Å². The second kappa shape index (κ2) is 5.45. The summed E-state index contributed by atoms with van der Waals surface area (Å²) in [5.41, 5.74) is 0. The summed E-state index contributed by atoms with van der Waals surface area (Å²) in [7, 11) is 1.59. The Labute approximate surface area is 108 Å². The molecule has 0 bridgehead atoms. The van der Waals surface area contributed by atoms with Gasteiger partial charge in [-0.1, -0.05) is 11.3 Å². The number of rotatable bonds is 4. The number of nitro groups is 1. The van der Waals surface area contributed by atoms with Crippen LogP contribution in [0.1, 0.15) is 28.9 Å². The fourth-order valence-electron chi connectivity index (χ4n) is 2.03. The van der Waals surface area contributed by atoms with Crippen LogP contribution in [0, 0.1) is 10.1 Å². The number of hydrogen-bond acceptors (Lipinski definition) is 6. The molecule has 1 aliphatic rings. The van der Waals surface area contributed by atoms with E-state index >= 15 is 0 Å². The van der Waals surface area contributed by atoms with Gasteiger partial charge >= 0.3 is 11.0 Å². The molecule has 0 spiro atoms. The average molecular weight is 271 g/mol. The molecule has 1 aliphatic carbocycles. The topological polar surface area (TPSA) is 78.7 Å². The lowest BCUT2D eigenvalue weighted by Gasteiger charge is -2.18. The zero-order valence-electron chi connectivity index (χ0n) is 9.83. The number of methoxy groups -OCH3 is 1. The summed E-state index contributed by atoms with van der Waals surface area (Å²) in [5, 5.41) is 10.5. The third-order valence-electron chi connectivity index (χ3n) is 2.93. The van der Waals surface area contributed by atoms with Crippen molar-refractivity contribution in [1.82, 2.24) is 0 Å². The van der Waals surface area contributed by atoms with Crippen LogP contribution in [-0.2, 0) is 9.47 Å². The Bertz CT molecular complexity index is 458. The Morgan fingerprint density at radius 2 is 2.17 bits per heavy atom. The molecule has 1 aromatic rings. The summed E-state index contributed by atoms with van der Waals surface area (Å²) in [6.45, 7) is 0. The largest absolute Gasteiger partial charge is 0.455 e. The van der Waals surface area contributed by atoms with E-state index in [-0.39, 0.29) is 22.1 Å². The van der Waals surface area contributed by atoms with Crippen LogP contribution >= 0.6 is 11.3 Å². The van der Waals surface area contributed by atoms with Gasteiger partial charge in [0.2, 0.25) is 0 Å². The SMILES string of the molecule is COC1CCCC1OC(=O)c1ccc([N+](=O)[O-])s1. The fourth-order valence-corrected chi connectivity index (χ4v) is 2.73. The quantitative estimate of drug-likeness (QED) is 0.477. The smallest absolute Gasteiger partial charge is 0.348 e. The van der Waals surface area contributed by atoms with Crippen molar-refractivity contribution < 1.29 is 19.2 Å². The van der Waals surface area contributed by atoms with Gasteiger partial charge in [0.15, 0.2) is 0 Å². The number of nitrogens with zero attached hydrogens (tertiary/aromatic N) is 1. The number of hydrogen-bond donors (Lipinski definition) is 0. The van der Waals surface area contributed by atoms with Crippen molar-refractivity contribution in [2.24, 2.45) is 0 Å². The molecule has 0 radical (unpaired) electrons. The van der Waals surface area contributed by atoms with Crippen molar-refractivity contribution in [2.75, 3.05) is 7.11 Å². The number of ether oxygens (including phenoxy) is 2. The standard InChI is InChI=1S/C11H13NO5S/c1-16-7-3-2-4-8(7)17-11(13)9-5-6-10(18-9)12(14)15/h5-8H,2-4H2,1H3. The maximum absolute atomic E-state index is 11.8. The molecule has 0 saturated heterocycles. The minimum absolute atomic E-state index is 0.0586. The molecule has 0 aliphatic heterocycles. The Kier molecular flexibility index (Phi) is 3.93. The molecule has 1 heterocycles. The second-order valence-electron chi connectivity index (χ2n) is 4.04. The molecule has 18 heavy (non-hydrogen) atoms. The van der Waals surface area contributed by atoms with Gasteiger partial charge in [0, 0.05) is 13.2 Å². The second-order valence-corrected chi connectivity index (χ2v) is 5.11. The molecule has 0 N–H and O–H groups in total. The van der Waals surface area contributed by atoms with E-state index in [2.05, 4.69) is 0 Å². The van der Waals surface area contributed by atoms with Gasteiger partial charge in [-0.05, 0) is 25.3 Å². The van der Waals surface area contributed by atoms with E-state index in [0.717, 1.165) is 30.6 Å². The normalized spacial score (nSPS) is 22.9. The van der Waals surface area contributed by atoms with E-state index in [1.807, 2.05) is 0 Å². The fraction of sp³-hybridized carbons (Fsp3) is 0.545. The zero-order valence-corrected chi connectivity index (χ0v) is 10.6. The maximum Gasteiger partial charge on any atom is 0.348 e. The molecular weight excluding hydrogens is 258 g/mol. The third-order valence-corrected chi connectivity index (χ3v) is 3.94. The van der Waals surface area contributed by atoms with Gasteiger partial charge in [-0.25, -0.2) is 4.79 Å². The molecule has 2 atom stereocenters. The van der Waals surface area contributed by atoms with Crippen molar-refractivity contribution in [2.45, 2.75) is 31.5 Å².